The first-order valence-electron chi connectivity index (χ1n) is 8.96. The number of rotatable bonds is 4. The van der Waals surface area contributed by atoms with E-state index in [-0.39, 0.29) is 23.2 Å². The molecule has 1 aliphatic rings. The van der Waals surface area contributed by atoms with Gasteiger partial charge in [0.05, 0.1) is 11.3 Å². The third-order valence-electron chi connectivity index (χ3n) is 4.17. The van der Waals surface area contributed by atoms with Crippen LogP contribution in [0.3, 0.4) is 0 Å². The Labute approximate surface area is 180 Å². The number of anilines is 2. The number of amides is 2. The van der Waals surface area contributed by atoms with Gasteiger partial charge in [-0.25, -0.2) is 4.90 Å². The van der Waals surface area contributed by atoms with Gasteiger partial charge in [-0.05, 0) is 43.3 Å². The molecule has 5 nitrogen and oxygen atoms in total. The molecule has 10 heteroatoms. The summed E-state index contributed by atoms with van der Waals surface area (Å²) in [5, 5.41) is 2.73. The van der Waals surface area contributed by atoms with E-state index in [0.29, 0.717) is 17.3 Å². The Hall–Kier alpha value is -2.52. The van der Waals surface area contributed by atoms with Crippen LogP contribution in [0.2, 0.25) is 5.02 Å². The van der Waals surface area contributed by atoms with Gasteiger partial charge < -0.3 is 5.32 Å². The van der Waals surface area contributed by atoms with Crippen LogP contribution in [0.4, 0.5) is 24.5 Å². The number of nitrogens with one attached hydrogen (secondary N) is 1. The van der Waals surface area contributed by atoms with Crippen molar-refractivity contribution in [3.63, 3.8) is 0 Å². The quantitative estimate of drug-likeness (QED) is 0.390. The van der Waals surface area contributed by atoms with Gasteiger partial charge in [-0.1, -0.05) is 35.5 Å². The van der Waals surface area contributed by atoms with E-state index < -0.39 is 22.9 Å². The van der Waals surface area contributed by atoms with Crippen molar-refractivity contribution in [3.8, 4) is 0 Å². The van der Waals surface area contributed by atoms with Crippen molar-refractivity contribution in [2.24, 2.45) is 4.99 Å². The first kappa shape index (κ1) is 22.2. The second-order valence-corrected chi connectivity index (χ2v) is 7.97. The number of benzene rings is 2. The number of carbonyl (C=O) groups is 2. The predicted octanol–water partition coefficient (Wildman–Crippen LogP) is 5.21. The molecule has 1 unspecified atom stereocenters. The highest BCUT2D eigenvalue weighted by Crippen LogP contribution is 2.33. The number of alkyl halides is 3. The van der Waals surface area contributed by atoms with Gasteiger partial charge in [0.1, 0.15) is 5.25 Å². The summed E-state index contributed by atoms with van der Waals surface area (Å²) in [5.74, 6) is -0.809. The van der Waals surface area contributed by atoms with Gasteiger partial charge in [0, 0.05) is 23.7 Å². The SMILES string of the molecule is CCN=C(Nc1cccc(C(F)(F)F)c1)SC1CC(=O)N(c2cccc(Cl)c2)C1=O. The normalized spacial score (nSPS) is 17.6. The largest absolute Gasteiger partial charge is 0.416 e. The molecule has 0 aliphatic carbocycles. The van der Waals surface area contributed by atoms with Gasteiger partial charge in [0.15, 0.2) is 5.17 Å². The number of nitrogens with zero attached hydrogens (tertiary/aromatic N) is 2. The maximum absolute atomic E-state index is 12.9. The zero-order valence-corrected chi connectivity index (χ0v) is 17.3. The highest BCUT2D eigenvalue weighted by atomic mass is 35.5. The minimum absolute atomic E-state index is 0.0526. The predicted molar refractivity (Wildman–Crippen MR) is 113 cm³/mol. The molecule has 1 atom stereocenters. The van der Waals surface area contributed by atoms with Crippen molar-refractivity contribution >= 4 is 51.7 Å². The molecule has 1 fully saturated rings. The van der Waals surface area contributed by atoms with Crippen molar-refractivity contribution in [3.05, 3.63) is 59.1 Å². The average molecular weight is 456 g/mol. The van der Waals surface area contributed by atoms with Gasteiger partial charge in [0.2, 0.25) is 11.8 Å². The van der Waals surface area contributed by atoms with E-state index in [2.05, 4.69) is 10.3 Å². The van der Waals surface area contributed by atoms with Crippen LogP contribution in [0.5, 0.6) is 0 Å². The molecule has 2 aromatic rings. The molecule has 158 valence electrons. The van der Waals surface area contributed by atoms with Crippen LogP contribution in [-0.2, 0) is 15.8 Å². The molecule has 30 heavy (non-hydrogen) atoms. The number of hydrogen-bond donors (Lipinski definition) is 1. The van der Waals surface area contributed by atoms with Crippen LogP contribution in [0, 0.1) is 0 Å². The Morgan fingerprint density at radius 2 is 1.97 bits per heavy atom. The number of thioether (sulfide) groups is 1. The number of amidine groups is 1. The fourth-order valence-corrected chi connectivity index (χ4v) is 4.13. The molecular formula is C20H17ClF3N3O2S. The minimum Gasteiger partial charge on any atom is -0.335 e. The number of imide groups is 1. The summed E-state index contributed by atoms with van der Waals surface area (Å²) < 4.78 is 38.8. The Bertz CT molecular complexity index is 997. The summed E-state index contributed by atoms with van der Waals surface area (Å²) >= 11 is 6.96. The third kappa shape index (κ3) is 5.14. The summed E-state index contributed by atoms with van der Waals surface area (Å²) in [5.41, 5.74) is -0.235. The maximum Gasteiger partial charge on any atom is 0.416 e. The molecule has 3 rings (SSSR count). The lowest BCUT2D eigenvalue weighted by Crippen LogP contribution is -2.31. The average Bonchev–Trinajstić information content (AvgIpc) is 2.94. The Kier molecular flexibility index (Phi) is 6.72. The monoisotopic (exact) mass is 455 g/mol. The van der Waals surface area contributed by atoms with Crippen molar-refractivity contribution in [2.45, 2.75) is 24.8 Å². The smallest absolute Gasteiger partial charge is 0.335 e. The fourth-order valence-electron chi connectivity index (χ4n) is 2.86. The van der Waals surface area contributed by atoms with Crippen molar-refractivity contribution in [2.75, 3.05) is 16.8 Å². The number of hydrogen-bond acceptors (Lipinski definition) is 4. The second kappa shape index (κ2) is 9.09. The molecule has 0 radical (unpaired) electrons. The van der Waals surface area contributed by atoms with Crippen LogP contribution < -0.4 is 10.2 Å². The van der Waals surface area contributed by atoms with Crippen LogP contribution in [0.1, 0.15) is 18.9 Å². The Morgan fingerprint density at radius 3 is 2.63 bits per heavy atom. The van der Waals surface area contributed by atoms with Crippen molar-refractivity contribution in [1.29, 1.82) is 0 Å². The van der Waals surface area contributed by atoms with Crippen LogP contribution in [0.25, 0.3) is 0 Å². The van der Waals surface area contributed by atoms with Gasteiger partial charge in [-0.15, -0.1) is 0 Å². The van der Waals surface area contributed by atoms with Crippen LogP contribution in [-0.4, -0.2) is 28.8 Å². The molecule has 2 amide bonds. The van der Waals surface area contributed by atoms with E-state index in [4.69, 9.17) is 11.6 Å². The second-order valence-electron chi connectivity index (χ2n) is 6.34. The van der Waals surface area contributed by atoms with Gasteiger partial charge in [0.25, 0.3) is 0 Å². The fraction of sp³-hybridized carbons (Fsp3) is 0.250. The van der Waals surface area contributed by atoms with E-state index in [1.807, 2.05) is 0 Å². The summed E-state index contributed by atoms with van der Waals surface area (Å²) in [6.07, 6.45) is -4.53. The zero-order chi connectivity index (χ0) is 21.9. The Morgan fingerprint density at radius 1 is 1.23 bits per heavy atom. The summed E-state index contributed by atoms with van der Waals surface area (Å²) in [6, 6.07) is 11.1. The number of halogens is 4. The van der Waals surface area contributed by atoms with E-state index in [1.54, 1.807) is 25.1 Å². The highest BCUT2D eigenvalue weighted by molar-refractivity contribution is 8.15. The number of carbonyl (C=O) groups excluding carboxylic acids is 2. The molecule has 0 bridgehead atoms. The lowest BCUT2D eigenvalue weighted by atomic mass is 10.2. The van der Waals surface area contributed by atoms with Gasteiger partial charge in [-0.3, -0.25) is 14.6 Å². The first-order valence-corrected chi connectivity index (χ1v) is 10.2. The minimum atomic E-state index is -4.47. The molecular weight excluding hydrogens is 439 g/mol. The third-order valence-corrected chi connectivity index (χ3v) is 5.51. The highest BCUT2D eigenvalue weighted by Gasteiger charge is 2.41. The van der Waals surface area contributed by atoms with E-state index in [0.717, 1.165) is 28.8 Å². The molecule has 0 spiro atoms. The summed E-state index contributed by atoms with van der Waals surface area (Å²) in [4.78, 5) is 30.5. The van der Waals surface area contributed by atoms with Crippen molar-refractivity contribution < 1.29 is 22.8 Å². The Balaban J connectivity index is 1.77. The maximum atomic E-state index is 12.9. The molecule has 0 saturated carbocycles. The molecule has 0 aromatic heterocycles. The van der Waals surface area contributed by atoms with Gasteiger partial charge >= 0.3 is 6.18 Å². The molecule has 1 N–H and O–H groups in total. The summed E-state index contributed by atoms with van der Waals surface area (Å²) in [7, 11) is 0. The summed E-state index contributed by atoms with van der Waals surface area (Å²) in [6.45, 7) is 2.11. The van der Waals surface area contributed by atoms with Crippen molar-refractivity contribution in [1.82, 2.24) is 0 Å². The van der Waals surface area contributed by atoms with Gasteiger partial charge in [-0.2, -0.15) is 13.2 Å². The lowest BCUT2D eigenvalue weighted by molar-refractivity contribution is -0.137. The van der Waals surface area contributed by atoms with E-state index in [9.17, 15) is 22.8 Å². The molecule has 1 saturated heterocycles. The molecule has 1 heterocycles. The van der Waals surface area contributed by atoms with Crippen LogP contribution in [0.15, 0.2) is 53.5 Å². The molecule has 2 aromatic carbocycles. The van der Waals surface area contributed by atoms with E-state index in [1.165, 1.54) is 18.2 Å². The topological polar surface area (TPSA) is 61.8 Å². The molecule has 1 aliphatic heterocycles. The van der Waals surface area contributed by atoms with E-state index >= 15 is 0 Å². The van der Waals surface area contributed by atoms with Crippen LogP contribution >= 0.6 is 23.4 Å². The standard InChI is InChI=1S/C20H17ClF3N3O2S/c1-2-25-19(26-14-7-3-5-12(9-14)20(22,23)24)30-16-11-17(28)27(18(16)29)15-8-4-6-13(21)10-15/h3-10,16H,2,11H2,1H3,(H,25,26). The lowest BCUT2D eigenvalue weighted by Gasteiger charge is -2.16. The zero-order valence-electron chi connectivity index (χ0n) is 15.7. The number of aliphatic imine (C=N–C) groups is 1. The first-order chi connectivity index (χ1) is 14.2.